The summed E-state index contributed by atoms with van der Waals surface area (Å²) in [6.45, 7) is 0.647. The van der Waals surface area contributed by atoms with Crippen molar-refractivity contribution in [3.8, 4) is 23.0 Å². The standard InChI is InChI=1S/C28H22BrN3O5S/c1-35-21-11-18(12-22(14-21)36-2)26-30-31-28(37-26)38-25(27(33)34)13-19-16-32(24-6-4-3-5-23(19)24)15-17-7-9-20(29)10-8-17/h3-14,16H,15H2,1-2H3,(H,33,34)/b25-13-. The first-order valence-corrected chi connectivity index (χ1v) is 13.1. The van der Waals surface area contributed by atoms with Gasteiger partial charge in [0, 0.05) is 45.3 Å². The first kappa shape index (κ1) is 25.6. The molecule has 0 bridgehead atoms. The lowest BCUT2D eigenvalue weighted by atomic mass is 10.1. The van der Waals surface area contributed by atoms with Gasteiger partial charge in [0.2, 0.25) is 5.89 Å². The molecule has 0 atom stereocenters. The third kappa shape index (κ3) is 5.61. The van der Waals surface area contributed by atoms with Crippen LogP contribution in [0.1, 0.15) is 11.1 Å². The fourth-order valence-corrected chi connectivity index (χ4v) is 4.90. The normalized spacial score (nSPS) is 11.6. The Morgan fingerprint density at radius 1 is 1.05 bits per heavy atom. The molecule has 8 nitrogen and oxygen atoms in total. The van der Waals surface area contributed by atoms with Gasteiger partial charge in [-0.3, -0.25) is 0 Å². The summed E-state index contributed by atoms with van der Waals surface area (Å²) in [6.07, 6.45) is 3.59. The van der Waals surface area contributed by atoms with E-state index in [1.54, 1.807) is 38.5 Å². The van der Waals surface area contributed by atoms with Crippen LogP contribution in [0.4, 0.5) is 0 Å². The summed E-state index contributed by atoms with van der Waals surface area (Å²) in [5.74, 6) is 0.262. The lowest BCUT2D eigenvalue weighted by Crippen LogP contribution is -1.98. The van der Waals surface area contributed by atoms with Crippen LogP contribution < -0.4 is 9.47 Å². The van der Waals surface area contributed by atoms with Crippen molar-refractivity contribution in [1.29, 1.82) is 0 Å². The first-order chi connectivity index (χ1) is 18.4. The van der Waals surface area contributed by atoms with E-state index in [1.807, 2.05) is 42.6 Å². The first-order valence-electron chi connectivity index (χ1n) is 11.5. The van der Waals surface area contributed by atoms with E-state index >= 15 is 0 Å². The number of methoxy groups -OCH3 is 2. The molecule has 1 N–H and O–H groups in total. The monoisotopic (exact) mass is 591 g/mol. The van der Waals surface area contributed by atoms with Crippen molar-refractivity contribution >= 4 is 50.6 Å². The van der Waals surface area contributed by atoms with Crippen molar-refractivity contribution in [1.82, 2.24) is 14.8 Å². The van der Waals surface area contributed by atoms with Crippen molar-refractivity contribution < 1.29 is 23.8 Å². The van der Waals surface area contributed by atoms with Crippen LogP contribution in [0.15, 0.2) is 91.9 Å². The molecule has 0 radical (unpaired) electrons. The summed E-state index contributed by atoms with van der Waals surface area (Å²) < 4.78 is 19.5. The van der Waals surface area contributed by atoms with Gasteiger partial charge in [-0.05, 0) is 53.7 Å². The van der Waals surface area contributed by atoms with Gasteiger partial charge in [-0.1, -0.05) is 46.3 Å². The SMILES string of the molecule is COc1cc(OC)cc(-c2nnc(S/C(=C\c3cn(Cc4ccc(Br)cc4)c4ccccc34)C(=O)O)o2)c1. The molecule has 192 valence electrons. The van der Waals surface area contributed by atoms with Crippen molar-refractivity contribution in [2.45, 2.75) is 11.8 Å². The molecule has 0 aliphatic carbocycles. The molecule has 5 rings (SSSR count). The van der Waals surface area contributed by atoms with Gasteiger partial charge in [-0.2, -0.15) is 0 Å². The fraction of sp³-hybridized carbons (Fsp3) is 0.107. The number of para-hydroxylation sites is 1. The van der Waals surface area contributed by atoms with Gasteiger partial charge in [0.15, 0.2) is 0 Å². The number of carboxylic acids is 1. The van der Waals surface area contributed by atoms with Crippen LogP contribution in [0.5, 0.6) is 11.5 Å². The molecule has 0 saturated heterocycles. The number of hydrogen-bond donors (Lipinski definition) is 1. The number of carbonyl (C=O) groups is 1. The Labute approximate surface area is 231 Å². The highest BCUT2D eigenvalue weighted by atomic mass is 79.9. The zero-order chi connectivity index (χ0) is 26.6. The number of hydrogen-bond acceptors (Lipinski definition) is 7. The Balaban J connectivity index is 1.46. The molecule has 2 heterocycles. The minimum atomic E-state index is -1.09. The minimum absolute atomic E-state index is 0.0509. The number of benzene rings is 3. The van der Waals surface area contributed by atoms with Gasteiger partial charge >= 0.3 is 5.97 Å². The quantitative estimate of drug-likeness (QED) is 0.149. The van der Waals surface area contributed by atoms with Gasteiger partial charge in [0.25, 0.3) is 5.22 Å². The van der Waals surface area contributed by atoms with Crippen molar-refractivity contribution in [2.75, 3.05) is 14.2 Å². The second-order valence-corrected chi connectivity index (χ2v) is 10.2. The molecule has 10 heteroatoms. The molecule has 5 aromatic rings. The molecule has 3 aromatic carbocycles. The second-order valence-electron chi connectivity index (χ2n) is 8.25. The summed E-state index contributed by atoms with van der Waals surface area (Å²) in [5.41, 5.74) is 3.51. The van der Waals surface area contributed by atoms with Gasteiger partial charge in [-0.15, -0.1) is 10.2 Å². The molecule has 0 saturated carbocycles. The third-order valence-corrected chi connectivity index (χ3v) is 7.17. The van der Waals surface area contributed by atoms with E-state index in [-0.39, 0.29) is 16.0 Å². The minimum Gasteiger partial charge on any atom is -0.497 e. The van der Waals surface area contributed by atoms with E-state index < -0.39 is 5.97 Å². The second kappa shape index (κ2) is 11.2. The van der Waals surface area contributed by atoms with Crippen molar-refractivity contribution in [3.63, 3.8) is 0 Å². The summed E-state index contributed by atoms with van der Waals surface area (Å²) in [6, 6.07) is 21.2. The number of carboxylic acid groups (broad SMARTS) is 1. The highest BCUT2D eigenvalue weighted by Crippen LogP contribution is 2.34. The molecule has 38 heavy (non-hydrogen) atoms. The van der Waals surface area contributed by atoms with Crippen molar-refractivity contribution in [2.24, 2.45) is 0 Å². The van der Waals surface area contributed by atoms with Crippen LogP contribution in [-0.4, -0.2) is 40.1 Å². The Morgan fingerprint density at radius 2 is 1.76 bits per heavy atom. The zero-order valence-corrected chi connectivity index (χ0v) is 22.8. The molecule has 0 aliphatic heterocycles. The number of fused-ring (bicyclic) bond motifs is 1. The van der Waals surface area contributed by atoms with Crippen LogP contribution in [0.3, 0.4) is 0 Å². The lowest BCUT2D eigenvalue weighted by Gasteiger charge is -2.05. The topological polar surface area (TPSA) is 99.6 Å². The number of thioether (sulfide) groups is 1. The summed E-state index contributed by atoms with van der Waals surface area (Å²) in [4.78, 5) is 12.2. The van der Waals surface area contributed by atoms with E-state index in [4.69, 9.17) is 13.9 Å². The average molecular weight is 592 g/mol. The van der Waals surface area contributed by atoms with E-state index in [1.165, 1.54) is 0 Å². The number of nitrogens with zero attached hydrogens (tertiary/aromatic N) is 3. The van der Waals surface area contributed by atoms with E-state index in [2.05, 4.69) is 42.8 Å². The summed E-state index contributed by atoms with van der Waals surface area (Å²) in [5, 5.41) is 19.2. The van der Waals surface area contributed by atoms with E-state index in [0.717, 1.165) is 38.3 Å². The molecule has 0 unspecified atom stereocenters. The van der Waals surface area contributed by atoms with Gasteiger partial charge in [0.05, 0.1) is 14.2 Å². The lowest BCUT2D eigenvalue weighted by molar-refractivity contribution is -0.131. The van der Waals surface area contributed by atoms with Gasteiger partial charge in [-0.25, -0.2) is 4.79 Å². The Kier molecular flexibility index (Phi) is 7.52. The number of halogens is 1. The molecule has 0 aliphatic rings. The zero-order valence-electron chi connectivity index (χ0n) is 20.4. The van der Waals surface area contributed by atoms with Crippen LogP contribution in [-0.2, 0) is 11.3 Å². The number of rotatable bonds is 9. The van der Waals surface area contributed by atoms with Crippen LogP contribution in [0, 0.1) is 0 Å². The van der Waals surface area contributed by atoms with Crippen molar-refractivity contribution in [3.05, 3.63) is 93.4 Å². The fourth-order valence-electron chi connectivity index (χ4n) is 3.98. The molecule has 2 aromatic heterocycles. The smallest absolute Gasteiger partial charge is 0.342 e. The predicted molar refractivity (Wildman–Crippen MR) is 149 cm³/mol. The maximum absolute atomic E-state index is 12.2. The number of aliphatic carboxylic acids is 1. The Morgan fingerprint density at radius 3 is 2.45 bits per heavy atom. The molecular formula is C28H22BrN3O5S. The van der Waals surface area contributed by atoms with Gasteiger partial charge in [0.1, 0.15) is 16.4 Å². The average Bonchev–Trinajstić information content (AvgIpc) is 3.54. The summed E-state index contributed by atoms with van der Waals surface area (Å²) in [7, 11) is 3.10. The molecule has 0 amide bonds. The van der Waals surface area contributed by atoms with E-state index in [0.29, 0.717) is 23.6 Å². The molecular weight excluding hydrogens is 570 g/mol. The van der Waals surface area contributed by atoms with Gasteiger partial charge < -0.3 is 23.6 Å². The highest BCUT2D eigenvalue weighted by Gasteiger charge is 2.18. The maximum atomic E-state index is 12.2. The van der Waals surface area contributed by atoms with E-state index in [9.17, 15) is 9.90 Å². The largest absolute Gasteiger partial charge is 0.497 e. The molecule has 0 fully saturated rings. The number of aromatic nitrogens is 3. The van der Waals surface area contributed by atoms with Crippen LogP contribution in [0.2, 0.25) is 0 Å². The Hall–Kier alpha value is -4.02. The maximum Gasteiger partial charge on any atom is 0.342 e. The third-order valence-electron chi connectivity index (χ3n) is 5.79. The predicted octanol–water partition coefficient (Wildman–Crippen LogP) is 6.74. The Bertz CT molecular complexity index is 1620. The van der Waals surface area contributed by atoms with Crippen LogP contribution in [0.25, 0.3) is 28.4 Å². The molecule has 0 spiro atoms. The number of ether oxygens (including phenoxy) is 2. The highest BCUT2D eigenvalue weighted by molar-refractivity contribution is 9.10. The van der Waals surface area contributed by atoms with Crippen LogP contribution >= 0.6 is 27.7 Å². The summed E-state index contributed by atoms with van der Waals surface area (Å²) >= 11 is 4.36.